The van der Waals surface area contributed by atoms with Gasteiger partial charge < -0.3 is 4.57 Å². The molecule has 0 radical (unpaired) electrons. The van der Waals surface area contributed by atoms with Gasteiger partial charge in [0.05, 0.1) is 22.0 Å². The predicted molar refractivity (Wildman–Crippen MR) is 205 cm³/mol. The van der Waals surface area contributed by atoms with Crippen molar-refractivity contribution in [2.75, 3.05) is 0 Å². The molecule has 0 amide bonds. The smallest absolute Gasteiger partial charge is 0.0583 e. The Kier molecular flexibility index (Phi) is 6.07. The van der Waals surface area contributed by atoms with Gasteiger partial charge in [0.15, 0.2) is 0 Å². The average molecular weight is 624 g/mol. The minimum Gasteiger partial charge on any atom is -0.308 e. The molecule has 2 atom stereocenters. The molecule has 7 aromatic rings. The number of fused-ring (bicyclic) bond motifs is 6. The lowest BCUT2D eigenvalue weighted by molar-refractivity contribution is 0.628. The molecule has 0 saturated carbocycles. The van der Waals surface area contributed by atoms with E-state index in [2.05, 4.69) is 181 Å². The van der Waals surface area contributed by atoms with Crippen molar-refractivity contribution < 1.29 is 0 Å². The number of aromatic nitrogens is 1. The first-order chi connectivity index (χ1) is 24.3. The Morgan fingerprint density at radius 2 is 1.29 bits per heavy atom. The number of nitrogens with zero attached hydrogens (tertiary/aromatic N) is 1. The summed E-state index contributed by atoms with van der Waals surface area (Å²) in [7, 11) is 0. The van der Waals surface area contributed by atoms with E-state index in [0.717, 1.165) is 0 Å². The third-order valence-electron chi connectivity index (χ3n) is 10.9. The van der Waals surface area contributed by atoms with Gasteiger partial charge in [-0.1, -0.05) is 176 Å². The third-order valence-corrected chi connectivity index (χ3v) is 10.9. The normalized spacial score (nSPS) is 18.3. The van der Waals surface area contributed by atoms with Gasteiger partial charge in [0.1, 0.15) is 0 Å². The summed E-state index contributed by atoms with van der Waals surface area (Å²) < 4.78 is 2.55. The number of rotatable bonds is 6. The van der Waals surface area contributed by atoms with Crippen LogP contribution in [0, 0.1) is 5.92 Å². The second-order valence-corrected chi connectivity index (χ2v) is 13.2. The molecule has 1 nitrogen and oxygen atoms in total. The zero-order valence-electron chi connectivity index (χ0n) is 27.1. The maximum absolute atomic E-state index is 4.02. The average Bonchev–Trinajstić information content (AvgIpc) is 3.76. The van der Waals surface area contributed by atoms with E-state index in [4.69, 9.17) is 0 Å². The van der Waals surface area contributed by atoms with Gasteiger partial charge in [-0.05, 0) is 62.2 Å². The van der Waals surface area contributed by atoms with Crippen LogP contribution in [-0.4, -0.2) is 4.57 Å². The highest BCUT2D eigenvalue weighted by Gasteiger charge is 2.56. The minimum atomic E-state index is -0.544. The lowest BCUT2D eigenvalue weighted by Gasteiger charge is -2.40. The first kappa shape index (κ1) is 27.9. The lowest BCUT2D eigenvalue weighted by Crippen LogP contribution is -2.34. The van der Waals surface area contributed by atoms with Gasteiger partial charge >= 0.3 is 0 Å². The molecule has 0 fully saturated rings. The van der Waals surface area contributed by atoms with Crippen LogP contribution >= 0.6 is 0 Å². The standard InChI is InChI=1S/C48H33N/c1-2-3-6-26-39(33-20-9-5-10-21-33)48(40-27-14-11-22-34(40)32-18-7-4-8-19-32)41-28-17-25-37-35-23-12-15-29-43(35)49-44-30-16-13-24-36(44)38-31-42(48)46(45(37)41)47(38)49/h2-31,42H,1H2/b6-3-,39-26+. The molecule has 1 aliphatic heterocycles. The van der Waals surface area contributed by atoms with Crippen molar-refractivity contribution in [1.29, 1.82) is 0 Å². The zero-order chi connectivity index (χ0) is 32.5. The van der Waals surface area contributed by atoms with Crippen LogP contribution in [0.2, 0.25) is 0 Å². The second-order valence-electron chi connectivity index (χ2n) is 13.2. The zero-order valence-corrected chi connectivity index (χ0v) is 27.1. The van der Waals surface area contributed by atoms with Crippen LogP contribution in [-0.2, 0) is 5.41 Å². The molecule has 0 spiro atoms. The van der Waals surface area contributed by atoms with Crippen molar-refractivity contribution in [3.05, 3.63) is 215 Å². The molecule has 1 aromatic heterocycles. The Morgan fingerprint density at radius 1 is 0.612 bits per heavy atom. The fourth-order valence-corrected chi connectivity index (χ4v) is 9.19. The summed E-state index contributed by atoms with van der Waals surface area (Å²) in [5.41, 5.74) is 15.0. The van der Waals surface area contributed by atoms with E-state index in [1.54, 1.807) is 0 Å². The van der Waals surface area contributed by atoms with Crippen molar-refractivity contribution in [3.8, 4) is 27.9 Å². The molecule has 3 aliphatic rings. The van der Waals surface area contributed by atoms with Crippen LogP contribution in [0.3, 0.4) is 0 Å². The van der Waals surface area contributed by atoms with Crippen LogP contribution in [0.4, 0.5) is 0 Å². The summed E-state index contributed by atoms with van der Waals surface area (Å²) >= 11 is 0. The van der Waals surface area contributed by atoms with Crippen LogP contribution < -0.4 is 10.6 Å². The quantitative estimate of drug-likeness (QED) is 0.163. The van der Waals surface area contributed by atoms with Gasteiger partial charge in [0.25, 0.3) is 0 Å². The maximum atomic E-state index is 4.02. The molecule has 10 rings (SSSR count). The van der Waals surface area contributed by atoms with Gasteiger partial charge in [0.2, 0.25) is 0 Å². The topological polar surface area (TPSA) is 4.93 Å². The molecular formula is C48H33N. The van der Waals surface area contributed by atoms with Crippen molar-refractivity contribution in [2.24, 2.45) is 5.92 Å². The Bertz CT molecular complexity index is 2670. The summed E-state index contributed by atoms with van der Waals surface area (Å²) in [5, 5.41) is 3.97. The first-order valence-electron chi connectivity index (χ1n) is 17.1. The minimum absolute atomic E-state index is 0.0484. The molecule has 0 bridgehead atoms. The van der Waals surface area contributed by atoms with E-state index in [1.165, 1.54) is 82.8 Å². The molecule has 2 aliphatic carbocycles. The van der Waals surface area contributed by atoms with Gasteiger partial charge in [-0.3, -0.25) is 0 Å². The summed E-state index contributed by atoms with van der Waals surface area (Å²) in [6, 6.07) is 56.0. The largest absolute Gasteiger partial charge is 0.308 e. The molecule has 6 aromatic carbocycles. The van der Waals surface area contributed by atoms with Crippen LogP contribution in [0.25, 0.3) is 56.1 Å². The lowest BCUT2D eigenvalue weighted by atomic mass is 9.61. The molecule has 230 valence electrons. The van der Waals surface area contributed by atoms with Crippen molar-refractivity contribution >= 4 is 28.1 Å². The van der Waals surface area contributed by atoms with Crippen molar-refractivity contribution in [2.45, 2.75) is 5.41 Å². The fourth-order valence-electron chi connectivity index (χ4n) is 9.19. The molecule has 2 unspecified atom stereocenters. The number of para-hydroxylation sites is 2. The highest BCUT2D eigenvalue weighted by atomic mass is 15.0. The van der Waals surface area contributed by atoms with Crippen LogP contribution in [0.1, 0.15) is 22.3 Å². The summed E-state index contributed by atoms with van der Waals surface area (Å²) in [4.78, 5) is 0. The van der Waals surface area contributed by atoms with Crippen molar-refractivity contribution in [1.82, 2.24) is 4.57 Å². The molecule has 2 heterocycles. The van der Waals surface area contributed by atoms with E-state index >= 15 is 0 Å². The van der Waals surface area contributed by atoms with Gasteiger partial charge in [-0.15, -0.1) is 0 Å². The molecule has 49 heavy (non-hydrogen) atoms. The molecule has 1 heteroatoms. The predicted octanol–water partition coefficient (Wildman–Crippen LogP) is 10.0. The highest BCUT2D eigenvalue weighted by molar-refractivity contribution is 6.05. The number of benzene rings is 6. The van der Waals surface area contributed by atoms with E-state index in [9.17, 15) is 0 Å². The number of hydrogen-bond donors (Lipinski definition) is 0. The SMILES string of the molecule is C=C/C=C\C=C(/c1ccccc1)C1(c2ccccc2-c2ccccc2)c2cccc3c2C2=c4c(c5ccccc5n4-c4ccccc4-3)=CC21. The summed E-state index contributed by atoms with van der Waals surface area (Å²) in [5.74, 6) is 0.0484. The van der Waals surface area contributed by atoms with Crippen LogP contribution in [0.5, 0.6) is 0 Å². The van der Waals surface area contributed by atoms with Gasteiger partial charge in [0, 0.05) is 22.1 Å². The first-order valence-corrected chi connectivity index (χ1v) is 17.1. The number of hydrogen-bond acceptors (Lipinski definition) is 0. The van der Waals surface area contributed by atoms with E-state index < -0.39 is 5.41 Å². The van der Waals surface area contributed by atoms with Gasteiger partial charge in [-0.25, -0.2) is 0 Å². The second kappa shape index (κ2) is 10.7. The Labute approximate surface area is 286 Å². The Hall–Kier alpha value is -6.18. The van der Waals surface area contributed by atoms with Crippen LogP contribution in [0.15, 0.2) is 183 Å². The van der Waals surface area contributed by atoms with Gasteiger partial charge in [-0.2, -0.15) is 0 Å². The van der Waals surface area contributed by atoms with E-state index in [1.807, 2.05) is 12.2 Å². The fraction of sp³-hybridized carbons (Fsp3) is 0.0417. The highest BCUT2D eigenvalue weighted by Crippen LogP contribution is 2.64. The third kappa shape index (κ3) is 3.70. The Balaban J connectivity index is 1.46. The monoisotopic (exact) mass is 623 g/mol. The molecule has 0 N–H and O–H groups in total. The summed E-state index contributed by atoms with van der Waals surface area (Å²) in [6.07, 6.45) is 11.0. The summed E-state index contributed by atoms with van der Waals surface area (Å²) in [6.45, 7) is 4.02. The van der Waals surface area contributed by atoms with E-state index in [0.29, 0.717) is 0 Å². The molecular weight excluding hydrogens is 591 g/mol. The number of allylic oxidation sites excluding steroid dienone is 5. The van der Waals surface area contributed by atoms with E-state index in [-0.39, 0.29) is 5.92 Å². The Morgan fingerprint density at radius 3 is 2.12 bits per heavy atom. The maximum Gasteiger partial charge on any atom is 0.0583 e. The van der Waals surface area contributed by atoms with Crippen molar-refractivity contribution in [3.63, 3.8) is 0 Å². The molecule has 0 saturated heterocycles.